The number of amidine groups is 1. The van der Waals surface area contributed by atoms with E-state index in [1.165, 1.54) is 19.3 Å². The van der Waals surface area contributed by atoms with E-state index < -0.39 is 0 Å². The average molecular weight is 527 g/mol. The van der Waals surface area contributed by atoms with Crippen molar-refractivity contribution >= 4 is 23.7 Å². The number of amides is 1. The molecule has 6 rings (SSSR count). The van der Waals surface area contributed by atoms with Gasteiger partial charge in [0.05, 0.1) is 12.5 Å². The predicted octanol–water partition coefficient (Wildman–Crippen LogP) is 3.64. The molecule has 8 nitrogen and oxygen atoms in total. The summed E-state index contributed by atoms with van der Waals surface area (Å²) in [6.45, 7) is 3.88. The lowest BCUT2D eigenvalue weighted by atomic mass is 9.79. The van der Waals surface area contributed by atoms with Gasteiger partial charge in [0.15, 0.2) is 0 Å². The highest BCUT2D eigenvalue weighted by atomic mass is 16.5. The van der Waals surface area contributed by atoms with Gasteiger partial charge < -0.3 is 20.7 Å². The molecule has 1 saturated heterocycles. The van der Waals surface area contributed by atoms with Crippen molar-refractivity contribution in [2.75, 3.05) is 26.2 Å². The fraction of sp³-hybridized carbons (Fsp3) is 0.452. The van der Waals surface area contributed by atoms with Gasteiger partial charge in [0, 0.05) is 18.8 Å². The molecule has 1 aliphatic carbocycles. The molecule has 0 spiro atoms. The third-order valence-electron chi connectivity index (χ3n) is 8.42. The third kappa shape index (κ3) is 5.86. The van der Waals surface area contributed by atoms with Crippen molar-refractivity contribution in [3.63, 3.8) is 0 Å². The zero-order valence-corrected chi connectivity index (χ0v) is 22.4. The minimum absolute atomic E-state index is 0.0777. The van der Waals surface area contributed by atoms with E-state index in [1.54, 1.807) is 6.34 Å². The number of rotatable bonds is 9. The summed E-state index contributed by atoms with van der Waals surface area (Å²) in [5.74, 6) is 1.98. The van der Waals surface area contributed by atoms with E-state index in [9.17, 15) is 4.79 Å². The van der Waals surface area contributed by atoms with Crippen LogP contribution in [-0.4, -0.2) is 66.3 Å². The number of nitrogens with zero attached hydrogens (tertiary/aromatic N) is 4. The second-order valence-corrected chi connectivity index (χ2v) is 11.2. The van der Waals surface area contributed by atoms with Crippen LogP contribution in [0, 0.1) is 11.8 Å². The number of nitrogens with two attached hydrogens (primary N) is 1. The van der Waals surface area contributed by atoms with Crippen molar-refractivity contribution in [1.82, 2.24) is 15.1 Å². The molecule has 2 atom stereocenters. The van der Waals surface area contributed by atoms with E-state index in [1.807, 2.05) is 30.3 Å². The van der Waals surface area contributed by atoms with Gasteiger partial charge in [0.25, 0.3) is 0 Å². The average Bonchev–Trinajstić information content (AvgIpc) is 3.33. The Morgan fingerprint density at radius 2 is 1.87 bits per heavy atom. The summed E-state index contributed by atoms with van der Waals surface area (Å²) in [5, 5.41) is 3.17. The van der Waals surface area contributed by atoms with E-state index in [0.29, 0.717) is 30.9 Å². The Bertz CT molecular complexity index is 1250. The number of likely N-dealkylation sites (tertiary alicyclic amines) is 1. The Balaban J connectivity index is 1.08. The molecule has 3 N–H and O–H groups in total. The van der Waals surface area contributed by atoms with Crippen LogP contribution >= 0.6 is 0 Å². The summed E-state index contributed by atoms with van der Waals surface area (Å²) in [6.07, 6.45) is 9.50. The minimum atomic E-state index is -0.0809. The Kier molecular flexibility index (Phi) is 7.63. The number of hydrogen-bond acceptors (Lipinski definition) is 7. The number of aliphatic imine (C=N–C) groups is 2. The molecule has 39 heavy (non-hydrogen) atoms. The molecule has 0 bridgehead atoms. The number of carbonyl (C=O) groups is 1. The van der Waals surface area contributed by atoms with Gasteiger partial charge >= 0.3 is 0 Å². The number of benzene rings is 2. The first-order chi connectivity index (χ1) is 19.1. The standard InChI is InChI=1S/C31H38N6O2/c32-30-29-27(24-10-7-11-26(16-24)39-20-22-8-3-1-4-9-22)18-37(31(29)35-21-34-30)25-14-23(15-25)17-33-28(38)19-36-12-5-2-6-13-36/h1,3-4,7-11,16,18,21,23,25,29,31H,2,5-6,12-15,17,19-20H2,(H,33,38)(H2,32,34,35). The molecule has 2 fully saturated rings. The van der Waals surface area contributed by atoms with Gasteiger partial charge in [-0.1, -0.05) is 48.9 Å². The van der Waals surface area contributed by atoms with Crippen LogP contribution in [0.2, 0.25) is 0 Å². The molecule has 0 radical (unpaired) electrons. The molecule has 4 aliphatic rings. The molecule has 2 unspecified atom stereocenters. The number of piperidine rings is 1. The molecule has 3 heterocycles. The van der Waals surface area contributed by atoms with Crippen LogP contribution in [0.15, 0.2) is 70.8 Å². The fourth-order valence-electron chi connectivity index (χ4n) is 6.20. The quantitative estimate of drug-likeness (QED) is 0.520. The van der Waals surface area contributed by atoms with E-state index in [2.05, 4.69) is 50.6 Å². The molecule has 0 aromatic heterocycles. The van der Waals surface area contributed by atoms with Crippen molar-refractivity contribution in [2.45, 2.75) is 50.9 Å². The SMILES string of the molecule is NC1=NC=NC2C1C(c1cccc(OCc3ccccc3)c1)=CN2C1CC(CNC(=O)CN2CCCCC2)C1. The molecule has 3 aliphatic heterocycles. The molecule has 2 aromatic rings. The number of ether oxygens (including phenoxy) is 1. The van der Waals surface area contributed by atoms with E-state index in [4.69, 9.17) is 15.5 Å². The second-order valence-electron chi connectivity index (χ2n) is 11.2. The Labute approximate surface area is 230 Å². The summed E-state index contributed by atoms with van der Waals surface area (Å²) in [4.78, 5) is 26.2. The summed E-state index contributed by atoms with van der Waals surface area (Å²) < 4.78 is 6.10. The van der Waals surface area contributed by atoms with Crippen LogP contribution in [0.4, 0.5) is 0 Å². The monoisotopic (exact) mass is 526 g/mol. The van der Waals surface area contributed by atoms with Crippen molar-refractivity contribution in [2.24, 2.45) is 27.6 Å². The number of nitrogens with one attached hydrogen (secondary N) is 1. The van der Waals surface area contributed by atoms with Crippen molar-refractivity contribution in [3.8, 4) is 5.75 Å². The second kappa shape index (κ2) is 11.6. The highest BCUT2D eigenvalue weighted by Crippen LogP contribution is 2.44. The smallest absolute Gasteiger partial charge is 0.234 e. The molecular formula is C31H38N6O2. The lowest BCUT2D eigenvalue weighted by Crippen LogP contribution is -2.51. The molecule has 8 heteroatoms. The lowest BCUT2D eigenvalue weighted by molar-refractivity contribution is -0.122. The third-order valence-corrected chi connectivity index (χ3v) is 8.42. The maximum atomic E-state index is 12.4. The first kappa shape index (κ1) is 25.6. The van der Waals surface area contributed by atoms with Crippen LogP contribution < -0.4 is 15.8 Å². The van der Waals surface area contributed by atoms with Crippen LogP contribution in [-0.2, 0) is 11.4 Å². The van der Waals surface area contributed by atoms with Crippen LogP contribution in [0.3, 0.4) is 0 Å². The van der Waals surface area contributed by atoms with Gasteiger partial charge in [-0.3, -0.25) is 9.69 Å². The number of fused-ring (bicyclic) bond motifs is 1. The van der Waals surface area contributed by atoms with Gasteiger partial charge in [-0.2, -0.15) is 0 Å². The Morgan fingerprint density at radius 3 is 2.69 bits per heavy atom. The van der Waals surface area contributed by atoms with E-state index in [0.717, 1.165) is 54.9 Å². The normalized spacial score (nSPS) is 26.3. The highest BCUT2D eigenvalue weighted by Gasteiger charge is 2.45. The van der Waals surface area contributed by atoms with Gasteiger partial charge in [-0.25, -0.2) is 9.98 Å². The lowest BCUT2D eigenvalue weighted by Gasteiger charge is -2.44. The topological polar surface area (TPSA) is 95.5 Å². The first-order valence-corrected chi connectivity index (χ1v) is 14.2. The maximum Gasteiger partial charge on any atom is 0.234 e. The summed E-state index contributed by atoms with van der Waals surface area (Å²) in [6, 6.07) is 18.8. The van der Waals surface area contributed by atoms with Gasteiger partial charge in [-0.15, -0.1) is 0 Å². The molecule has 1 saturated carbocycles. The van der Waals surface area contributed by atoms with Crippen LogP contribution in [0.1, 0.15) is 43.2 Å². The molecule has 204 valence electrons. The summed E-state index contributed by atoms with van der Waals surface area (Å²) in [7, 11) is 0. The Morgan fingerprint density at radius 1 is 1.05 bits per heavy atom. The van der Waals surface area contributed by atoms with E-state index >= 15 is 0 Å². The van der Waals surface area contributed by atoms with Crippen molar-refractivity contribution in [1.29, 1.82) is 0 Å². The summed E-state index contributed by atoms with van der Waals surface area (Å²) in [5.41, 5.74) is 9.77. The molecular weight excluding hydrogens is 488 g/mol. The van der Waals surface area contributed by atoms with Crippen molar-refractivity contribution < 1.29 is 9.53 Å². The zero-order chi connectivity index (χ0) is 26.6. The van der Waals surface area contributed by atoms with Gasteiger partial charge in [0.2, 0.25) is 5.91 Å². The van der Waals surface area contributed by atoms with Crippen LogP contribution in [0.25, 0.3) is 5.57 Å². The van der Waals surface area contributed by atoms with Gasteiger partial charge in [-0.05, 0) is 73.5 Å². The Hall–Kier alpha value is -3.65. The van der Waals surface area contributed by atoms with Gasteiger partial charge in [0.1, 0.15) is 30.7 Å². The number of carbonyl (C=O) groups excluding carboxylic acids is 1. The first-order valence-electron chi connectivity index (χ1n) is 14.2. The molecule has 1 amide bonds. The fourth-order valence-corrected chi connectivity index (χ4v) is 6.20. The largest absolute Gasteiger partial charge is 0.489 e. The highest BCUT2D eigenvalue weighted by molar-refractivity contribution is 6.01. The van der Waals surface area contributed by atoms with Crippen molar-refractivity contribution in [3.05, 3.63) is 71.9 Å². The minimum Gasteiger partial charge on any atom is -0.489 e. The zero-order valence-electron chi connectivity index (χ0n) is 22.4. The predicted molar refractivity (Wildman–Crippen MR) is 154 cm³/mol. The van der Waals surface area contributed by atoms with E-state index in [-0.39, 0.29) is 18.0 Å². The van der Waals surface area contributed by atoms with Crippen LogP contribution in [0.5, 0.6) is 5.75 Å². The maximum absolute atomic E-state index is 12.4. The molecule has 2 aromatic carbocycles. The number of hydrogen-bond donors (Lipinski definition) is 2. The summed E-state index contributed by atoms with van der Waals surface area (Å²) >= 11 is 0.